The minimum Gasteiger partial charge on any atom is -0.491 e. The van der Waals surface area contributed by atoms with Crippen molar-refractivity contribution in [2.75, 3.05) is 18.5 Å². The van der Waals surface area contributed by atoms with Crippen molar-refractivity contribution in [3.05, 3.63) is 63.7 Å². The number of nitro benzene ring substituents is 1. The number of hydrogen-bond acceptors (Lipinski definition) is 5. The van der Waals surface area contributed by atoms with E-state index in [1.807, 2.05) is 32.0 Å². The van der Waals surface area contributed by atoms with E-state index >= 15 is 0 Å². The summed E-state index contributed by atoms with van der Waals surface area (Å²) in [6.07, 6.45) is -0.921. The molecule has 0 aliphatic heterocycles. The van der Waals surface area contributed by atoms with Gasteiger partial charge in [-0.05, 0) is 49.2 Å². The summed E-state index contributed by atoms with van der Waals surface area (Å²) in [5, 5.41) is 25.7. The van der Waals surface area contributed by atoms with Gasteiger partial charge in [0, 0.05) is 24.4 Å². The number of nitrogens with zero attached hydrogens (tertiary/aromatic N) is 1. The Labute approximate surface area is 151 Å². The summed E-state index contributed by atoms with van der Waals surface area (Å²) in [7, 11) is 0. The van der Waals surface area contributed by atoms with Gasteiger partial charge in [-0.3, -0.25) is 10.1 Å². The molecule has 3 N–H and O–H groups in total. The molecule has 2 aromatic rings. The van der Waals surface area contributed by atoms with E-state index in [9.17, 15) is 20.0 Å². The van der Waals surface area contributed by atoms with Crippen molar-refractivity contribution in [2.45, 2.75) is 20.0 Å². The predicted molar refractivity (Wildman–Crippen MR) is 97.5 cm³/mol. The number of aliphatic hydroxyl groups is 1. The van der Waals surface area contributed by atoms with Gasteiger partial charge in [-0.2, -0.15) is 0 Å². The quantitative estimate of drug-likeness (QED) is 0.519. The lowest BCUT2D eigenvalue weighted by Gasteiger charge is -2.14. The van der Waals surface area contributed by atoms with Crippen molar-refractivity contribution >= 4 is 17.4 Å². The molecule has 138 valence electrons. The van der Waals surface area contributed by atoms with E-state index in [1.54, 1.807) is 0 Å². The number of carbonyl (C=O) groups excluding carboxylic acids is 1. The second-order valence-corrected chi connectivity index (χ2v) is 5.93. The Morgan fingerprint density at radius 2 is 1.81 bits per heavy atom. The maximum atomic E-state index is 11.9. The summed E-state index contributed by atoms with van der Waals surface area (Å²) in [5.74, 6) is 0.398. The molecule has 0 aliphatic carbocycles. The number of anilines is 1. The van der Waals surface area contributed by atoms with E-state index < -0.39 is 17.1 Å². The molecule has 0 fully saturated rings. The van der Waals surface area contributed by atoms with E-state index in [1.165, 1.54) is 24.3 Å². The minimum atomic E-state index is -0.921. The molecule has 0 bridgehead atoms. The fourth-order valence-corrected chi connectivity index (χ4v) is 2.35. The van der Waals surface area contributed by atoms with Crippen LogP contribution < -0.4 is 15.4 Å². The van der Waals surface area contributed by atoms with Crippen molar-refractivity contribution in [1.29, 1.82) is 0 Å². The van der Waals surface area contributed by atoms with Crippen molar-refractivity contribution in [1.82, 2.24) is 5.32 Å². The molecule has 8 nitrogen and oxygen atoms in total. The van der Waals surface area contributed by atoms with E-state index in [4.69, 9.17) is 4.74 Å². The Morgan fingerprint density at radius 3 is 2.38 bits per heavy atom. The second kappa shape index (κ2) is 8.82. The van der Waals surface area contributed by atoms with Crippen LogP contribution in [0.5, 0.6) is 5.75 Å². The van der Waals surface area contributed by atoms with Crippen LogP contribution in [0, 0.1) is 24.0 Å². The van der Waals surface area contributed by atoms with Crippen molar-refractivity contribution in [3.8, 4) is 5.75 Å². The van der Waals surface area contributed by atoms with Gasteiger partial charge in [0.2, 0.25) is 0 Å². The number of non-ortho nitro benzene ring substituents is 1. The van der Waals surface area contributed by atoms with Gasteiger partial charge in [-0.25, -0.2) is 4.79 Å². The summed E-state index contributed by atoms with van der Waals surface area (Å²) in [6.45, 7) is 3.83. The van der Waals surface area contributed by atoms with Gasteiger partial charge in [-0.15, -0.1) is 0 Å². The molecular formula is C18H21N3O5. The first-order valence-electron chi connectivity index (χ1n) is 8.02. The van der Waals surface area contributed by atoms with Crippen molar-refractivity contribution in [3.63, 3.8) is 0 Å². The highest BCUT2D eigenvalue weighted by molar-refractivity contribution is 5.89. The number of nitrogens with one attached hydrogen (secondary N) is 2. The fraction of sp³-hybridized carbons (Fsp3) is 0.278. The van der Waals surface area contributed by atoms with Crippen LogP contribution in [0.25, 0.3) is 0 Å². The van der Waals surface area contributed by atoms with E-state index in [2.05, 4.69) is 10.6 Å². The summed E-state index contributed by atoms with van der Waals surface area (Å²) in [6, 6.07) is 10.8. The van der Waals surface area contributed by atoms with Crippen LogP contribution >= 0.6 is 0 Å². The van der Waals surface area contributed by atoms with Gasteiger partial charge >= 0.3 is 6.03 Å². The van der Waals surface area contributed by atoms with Crippen LogP contribution in [0.15, 0.2) is 42.5 Å². The number of benzene rings is 2. The third-order valence-corrected chi connectivity index (χ3v) is 3.47. The zero-order valence-electron chi connectivity index (χ0n) is 14.6. The molecular weight excluding hydrogens is 338 g/mol. The predicted octanol–water partition coefficient (Wildman–Crippen LogP) is 2.77. The Morgan fingerprint density at radius 1 is 1.19 bits per heavy atom. The second-order valence-electron chi connectivity index (χ2n) is 5.93. The zero-order valence-corrected chi connectivity index (χ0v) is 14.6. The lowest BCUT2D eigenvalue weighted by Crippen LogP contribution is -2.37. The van der Waals surface area contributed by atoms with E-state index in [-0.39, 0.29) is 18.8 Å². The van der Waals surface area contributed by atoms with Crippen molar-refractivity contribution < 1.29 is 19.6 Å². The largest absolute Gasteiger partial charge is 0.491 e. The molecule has 2 aromatic carbocycles. The first-order chi connectivity index (χ1) is 12.3. The highest BCUT2D eigenvalue weighted by atomic mass is 16.6. The first-order valence-corrected chi connectivity index (χ1v) is 8.02. The maximum absolute atomic E-state index is 11.9. The van der Waals surface area contributed by atoms with E-state index in [0.717, 1.165) is 11.1 Å². The first kappa shape index (κ1) is 19.2. The Balaban J connectivity index is 1.74. The Hall–Kier alpha value is -3.13. The lowest BCUT2D eigenvalue weighted by molar-refractivity contribution is -0.384. The van der Waals surface area contributed by atoms with Gasteiger partial charge in [0.05, 0.1) is 4.92 Å². The summed E-state index contributed by atoms with van der Waals surface area (Å²) >= 11 is 0. The average Bonchev–Trinajstić information content (AvgIpc) is 2.57. The number of amides is 2. The zero-order chi connectivity index (χ0) is 19.1. The number of hydrogen-bond donors (Lipinski definition) is 3. The minimum absolute atomic E-state index is 0.00358. The SMILES string of the molecule is Cc1cc(C)cc(NC(=O)NC[C@@H](O)COc2ccc([N+](=O)[O-])cc2)c1. The average molecular weight is 359 g/mol. The molecule has 0 saturated heterocycles. The van der Waals surface area contributed by atoms with Crippen molar-refractivity contribution in [2.24, 2.45) is 0 Å². The third-order valence-electron chi connectivity index (χ3n) is 3.47. The summed E-state index contributed by atoms with van der Waals surface area (Å²) < 4.78 is 5.34. The molecule has 0 aliphatic rings. The molecule has 2 rings (SSSR count). The van der Waals surface area contributed by atoms with Gasteiger partial charge in [0.15, 0.2) is 0 Å². The van der Waals surface area contributed by atoms with Crippen LogP contribution in [0.4, 0.5) is 16.2 Å². The summed E-state index contributed by atoms with van der Waals surface area (Å²) in [5.41, 5.74) is 2.72. The number of aryl methyl sites for hydroxylation is 2. The Bertz CT molecular complexity index is 757. The lowest BCUT2D eigenvalue weighted by atomic mass is 10.1. The molecule has 8 heteroatoms. The normalized spacial score (nSPS) is 11.5. The number of urea groups is 1. The molecule has 26 heavy (non-hydrogen) atoms. The molecule has 0 spiro atoms. The van der Waals surface area contributed by atoms with Crippen LogP contribution in [-0.4, -0.2) is 35.3 Å². The smallest absolute Gasteiger partial charge is 0.319 e. The summed E-state index contributed by atoms with van der Waals surface area (Å²) in [4.78, 5) is 21.9. The molecule has 1 atom stereocenters. The number of carbonyl (C=O) groups is 1. The third kappa shape index (κ3) is 6.06. The molecule has 0 radical (unpaired) electrons. The topological polar surface area (TPSA) is 114 Å². The van der Waals surface area contributed by atoms with Gasteiger partial charge < -0.3 is 20.5 Å². The molecule has 0 aromatic heterocycles. The monoisotopic (exact) mass is 359 g/mol. The van der Waals surface area contributed by atoms with Crippen LogP contribution in [0.2, 0.25) is 0 Å². The molecule has 0 unspecified atom stereocenters. The fourth-order valence-electron chi connectivity index (χ4n) is 2.35. The molecule has 0 saturated carbocycles. The highest BCUT2D eigenvalue weighted by Crippen LogP contribution is 2.17. The molecule has 2 amide bonds. The maximum Gasteiger partial charge on any atom is 0.319 e. The number of aliphatic hydroxyl groups excluding tert-OH is 1. The van der Waals surface area contributed by atoms with Gasteiger partial charge in [-0.1, -0.05) is 6.07 Å². The molecule has 0 heterocycles. The number of rotatable bonds is 7. The van der Waals surface area contributed by atoms with Crippen LogP contribution in [0.1, 0.15) is 11.1 Å². The van der Waals surface area contributed by atoms with E-state index in [0.29, 0.717) is 11.4 Å². The number of ether oxygens (including phenoxy) is 1. The Kier molecular flexibility index (Phi) is 6.51. The van der Waals surface area contributed by atoms with Crippen LogP contribution in [0.3, 0.4) is 0 Å². The van der Waals surface area contributed by atoms with Gasteiger partial charge in [0.25, 0.3) is 5.69 Å². The number of nitro groups is 1. The highest BCUT2D eigenvalue weighted by Gasteiger charge is 2.10. The standard InChI is InChI=1S/C18H21N3O5/c1-12-7-13(2)9-14(8-12)20-18(23)19-10-16(22)11-26-17-5-3-15(4-6-17)21(24)25/h3-9,16,22H,10-11H2,1-2H3,(H2,19,20,23)/t16-/m1/s1. The van der Waals surface area contributed by atoms with Gasteiger partial charge in [0.1, 0.15) is 18.5 Å². The van der Waals surface area contributed by atoms with Crippen LogP contribution in [-0.2, 0) is 0 Å².